The normalized spacial score (nSPS) is 40.8. The van der Waals surface area contributed by atoms with Gasteiger partial charge in [0.05, 0.1) is 5.92 Å². The maximum absolute atomic E-state index is 11.6. The first-order valence-electron chi connectivity index (χ1n) is 6.69. The molecular weight excluding hydrogens is 212 g/mol. The van der Waals surface area contributed by atoms with Crippen molar-refractivity contribution in [2.24, 2.45) is 22.7 Å². The fourth-order valence-corrected chi connectivity index (χ4v) is 4.63. The summed E-state index contributed by atoms with van der Waals surface area (Å²) in [5, 5.41) is 9.52. The number of hydrogen-bond acceptors (Lipinski definition) is 1. The predicted octanol–water partition coefficient (Wildman–Crippen LogP) is 3.87. The van der Waals surface area contributed by atoms with Crippen molar-refractivity contribution in [2.45, 2.75) is 52.9 Å². The number of hydrogen-bond donors (Lipinski definition) is 1. The molecular formula is C15H24O2. The summed E-state index contributed by atoms with van der Waals surface area (Å²) in [5.41, 5.74) is 1.14. The van der Waals surface area contributed by atoms with E-state index in [1.165, 1.54) is 6.42 Å². The van der Waals surface area contributed by atoms with Gasteiger partial charge in [0.2, 0.25) is 0 Å². The summed E-state index contributed by atoms with van der Waals surface area (Å²) in [5.74, 6) is -0.476. The Balaban J connectivity index is 2.41. The fourth-order valence-electron chi connectivity index (χ4n) is 4.63. The quantitative estimate of drug-likeness (QED) is 0.702. The van der Waals surface area contributed by atoms with Crippen LogP contribution in [-0.4, -0.2) is 11.1 Å². The number of fused-ring (bicyclic) bond motifs is 1. The number of carboxylic acids is 1. The summed E-state index contributed by atoms with van der Waals surface area (Å²) in [6.45, 7) is 10.8. The SMILES string of the molecule is C=C1CC[C@H]2C(C)(C)CCC[C@]2(C)C1C(=O)O. The molecule has 2 nitrogen and oxygen atoms in total. The molecule has 96 valence electrons. The van der Waals surface area contributed by atoms with Crippen LogP contribution in [0.5, 0.6) is 0 Å². The highest BCUT2D eigenvalue weighted by molar-refractivity contribution is 5.75. The summed E-state index contributed by atoms with van der Waals surface area (Å²) in [6.07, 6.45) is 5.42. The zero-order valence-electron chi connectivity index (χ0n) is 11.3. The molecule has 0 saturated heterocycles. The molecule has 0 bridgehead atoms. The van der Waals surface area contributed by atoms with Gasteiger partial charge in [-0.05, 0) is 42.4 Å². The van der Waals surface area contributed by atoms with Crippen LogP contribution < -0.4 is 0 Å². The molecule has 0 aliphatic heterocycles. The molecule has 1 N–H and O–H groups in total. The van der Waals surface area contributed by atoms with Crippen LogP contribution in [0.4, 0.5) is 0 Å². The van der Waals surface area contributed by atoms with E-state index in [2.05, 4.69) is 27.4 Å². The number of carboxylic acid groups (broad SMARTS) is 1. The fraction of sp³-hybridized carbons (Fsp3) is 0.800. The van der Waals surface area contributed by atoms with Crippen molar-refractivity contribution in [1.82, 2.24) is 0 Å². The molecule has 2 saturated carbocycles. The summed E-state index contributed by atoms with van der Waals surface area (Å²) in [6, 6.07) is 0. The lowest BCUT2D eigenvalue weighted by molar-refractivity contribution is -0.152. The highest BCUT2D eigenvalue weighted by Gasteiger charge is 2.55. The van der Waals surface area contributed by atoms with Crippen LogP contribution in [0.25, 0.3) is 0 Å². The second kappa shape index (κ2) is 3.86. The Morgan fingerprint density at radius 1 is 1.35 bits per heavy atom. The van der Waals surface area contributed by atoms with Crippen molar-refractivity contribution in [3.05, 3.63) is 12.2 Å². The summed E-state index contributed by atoms with van der Waals surface area (Å²) in [7, 11) is 0. The first-order valence-corrected chi connectivity index (χ1v) is 6.69. The topological polar surface area (TPSA) is 37.3 Å². The van der Waals surface area contributed by atoms with Gasteiger partial charge in [0.25, 0.3) is 0 Å². The predicted molar refractivity (Wildman–Crippen MR) is 68.7 cm³/mol. The van der Waals surface area contributed by atoms with Crippen LogP contribution in [0, 0.1) is 22.7 Å². The molecule has 0 spiro atoms. The van der Waals surface area contributed by atoms with Crippen LogP contribution in [0.3, 0.4) is 0 Å². The zero-order valence-corrected chi connectivity index (χ0v) is 11.3. The van der Waals surface area contributed by atoms with E-state index in [1.807, 2.05) is 0 Å². The molecule has 0 aromatic rings. The molecule has 1 unspecified atom stereocenters. The lowest BCUT2D eigenvalue weighted by Gasteiger charge is -2.56. The maximum atomic E-state index is 11.6. The minimum absolute atomic E-state index is 0.0804. The van der Waals surface area contributed by atoms with Gasteiger partial charge in [0.15, 0.2) is 0 Å². The van der Waals surface area contributed by atoms with Gasteiger partial charge in [-0.15, -0.1) is 0 Å². The van der Waals surface area contributed by atoms with Crippen LogP contribution in [0.1, 0.15) is 52.9 Å². The summed E-state index contributed by atoms with van der Waals surface area (Å²) < 4.78 is 0. The molecule has 0 aromatic carbocycles. The van der Waals surface area contributed by atoms with E-state index in [9.17, 15) is 9.90 Å². The first-order chi connectivity index (χ1) is 7.79. The van der Waals surface area contributed by atoms with Crippen molar-refractivity contribution in [3.63, 3.8) is 0 Å². The Bertz CT molecular complexity index is 356. The number of rotatable bonds is 1. The Kier molecular flexibility index (Phi) is 2.87. The molecule has 2 aliphatic carbocycles. The lowest BCUT2D eigenvalue weighted by atomic mass is 9.47. The van der Waals surface area contributed by atoms with Gasteiger partial charge in [-0.3, -0.25) is 4.79 Å². The monoisotopic (exact) mass is 236 g/mol. The van der Waals surface area contributed by atoms with E-state index < -0.39 is 5.97 Å². The van der Waals surface area contributed by atoms with Crippen LogP contribution in [-0.2, 0) is 4.79 Å². The van der Waals surface area contributed by atoms with E-state index in [1.54, 1.807) is 0 Å². The third-order valence-corrected chi connectivity index (χ3v) is 5.34. The Hall–Kier alpha value is -0.790. The molecule has 2 aliphatic rings. The highest BCUT2D eigenvalue weighted by Crippen LogP contribution is 2.60. The molecule has 2 fully saturated rings. The van der Waals surface area contributed by atoms with Gasteiger partial charge < -0.3 is 5.11 Å². The van der Waals surface area contributed by atoms with E-state index in [-0.39, 0.29) is 16.7 Å². The van der Waals surface area contributed by atoms with Crippen molar-refractivity contribution >= 4 is 5.97 Å². The van der Waals surface area contributed by atoms with Gasteiger partial charge in [-0.1, -0.05) is 39.3 Å². The Morgan fingerprint density at radius 3 is 2.59 bits per heavy atom. The summed E-state index contributed by atoms with van der Waals surface area (Å²) >= 11 is 0. The van der Waals surface area contributed by atoms with E-state index >= 15 is 0 Å². The minimum Gasteiger partial charge on any atom is -0.481 e. The zero-order chi connectivity index (χ0) is 12.8. The highest BCUT2D eigenvalue weighted by atomic mass is 16.4. The molecule has 0 heterocycles. The van der Waals surface area contributed by atoms with Gasteiger partial charge >= 0.3 is 5.97 Å². The van der Waals surface area contributed by atoms with Crippen molar-refractivity contribution in [1.29, 1.82) is 0 Å². The molecule has 3 atom stereocenters. The van der Waals surface area contributed by atoms with Crippen molar-refractivity contribution in [3.8, 4) is 0 Å². The average molecular weight is 236 g/mol. The summed E-state index contributed by atoms with van der Waals surface area (Å²) in [4.78, 5) is 11.6. The molecule has 0 aromatic heterocycles. The standard InChI is InChI=1S/C15H24O2/c1-10-6-7-11-14(2,3)8-5-9-15(11,4)12(10)13(16)17/h11-12H,1,5-9H2,2-4H3,(H,16,17)/t11-,12?,15-/m0/s1. The largest absolute Gasteiger partial charge is 0.481 e. The van der Waals surface area contributed by atoms with Crippen LogP contribution in [0.15, 0.2) is 12.2 Å². The van der Waals surface area contributed by atoms with E-state index in [0.29, 0.717) is 5.92 Å². The van der Waals surface area contributed by atoms with Crippen molar-refractivity contribution < 1.29 is 9.90 Å². The van der Waals surface area contributed by atoms with Gasteiger partial charge in [-0.25, -0.2) is 0 Å². The average Bonchev–Trinajstić information content (AvgIpc) is 2.14. The maximum Gasteiger partial charge on any atom is 0.311 e. The molecule has 2 heteroatoms. The smallest absolute Gasteiger partial charge is 0.311 e. The molecule has 17 heavy (non-hydrogen) atoms. The van der Waals surface area contributed by atoms with E-state index in [4.69, 9.17) is 0 Å². The van der Waals surface area contributed by atoms with E-state index in [0.717, 1.165) is 31.3 Å². The molecule has 0 amide bonds. The Morgan fingerprint density at radius 2 is 2.00 bits per heavy atom. The Labute approximate surface area is 104 Å². The third-order valence-electron chi connectivity index (χ3n) is 5.34. The molecule has 2 rings (SSSR count). The first kappa shape index (κ1) is 12.7. The second-order valence-corrected chi connectivity index (χ2v) is 6.87. The van der Waals surface area contributed by atoms with Gasteiger partial charge in [-0.2, -0.15) is 0 Å². The minimum atomic E-state index is -0.667. The molecule has 0 radical (unpaired) electrons. The lowest BCUT2D eigenvalue weighted by Crippen LogP contribution is -2.51. The van der Waals surface area contributed by atoms with Gasteiger partial charge in [0.1, 0.15) is 0 Å². The van der Waals surface area contributed by atoms with Crippen LogP contribution >= 0.6 is 0 Å². The van der Waals surface area contributed by atoms with Crippen molar-refractivity contribution in [2.75, 3.05) is 0 Å². The second-order valence-electron chi connectivity index (χ2n) is 6.87. The van der Waals surface area contributed by atoms with Crippen LogP contribution in [0.2, 0.25) is 0 Å². The number of aliphatic carboxylic acids is 1. The third kappa shape index (κ3) is 1.82. The number of carbonyl (C=O) groups is 1. The van der Waals surface area contributed by atoms with Gasteiger partial charge in [0, 0.05) is 0 Å².